The number of benzene rings is 1. The summed E-state index contributed by atoms with van der Waals surface area (Å²) >= 11 is 0. The van der Waals surface area contributed by atoms with E-state index in [9.17, 15) is 13.6 Å². The van der Waals surface area contributed by atoms with Crippen LogP contribution in [0.3, 0.4) is 0 Å². The predicted octanol–water partition coefficient (Wildman–Crippen LogP) is 0.892. The maximum Gasteiger partial charge on any atom is 0.150 e. The van der Waals surface area contributed by atoms with Crippen LogP contribution in [0, 0.1) is 11.6 Å². The number of hydrogen-bond donors (Lipinski definition) is 1. The largest absolute Gasteiger partial charge is 0.395 e. The molecular formula is C13H16F2N2O2. The Kier molecular flexibility index (Phi) is 4.44. The molecule has 0 saturated carbocycles. The zero-order valence-electron chi connectivity index (χ0n) is 10.5. The summed E-state index contributed by atoms with van der Waals surface area (Å²) in [5.74, 6) is -1.42. The third-order valence-corrected chi connectivity index (χ3v) is 3.28. The van der Waals surface area contributed by atoms with E-state index < -0.39 is 11.6 Å². The van der Waals surface area contributed by atoms with Gasteiger partial charge in [0.2, 0.25) is 0 Å². The molecule has 0 aromatic heterocycles. The van der Waals surface area contributed by atoms with E-state index in [2.05, 4.69) is 0 Å². The van der Waals surface area contributed by atoms with E-state index in [1.807, 2.05) is 4.90 Å². The molecule has 1 fully saturated rings. The van der Waals surface area contributed by atoms with Crippen LogP contribution in [0.2, 0.25) is 0 Å². The van der Waals surface area contributed by atoms with Gasteiger partial charge in [-0.2, -0.15) is 0 Å². The van der Waals surface area contributed by atoms with E-state index in [1.54, 1.807) is 4.90 Å². The lowest BCUT2D eigenvalue weighted by Gasteiger charge is -2.36. The molecule has 1 saturated heterocycles. The van der Waals surface area contributed by atoms with Gasteiger partial charge >= 0.3 is 0 Å². The first-order valence-electron chi connectivity index (χ1n) is 6.18. The quantitative estimate of drug-likeness (QED) is 0.825. The van der Waals surface area contributed by atoms with Crippen molar-refractivity contribution in [1.29, 1.82) is 0 Å². The lowest BCUT2D eigenvalue weighted by Crippen LogP contribution is -2.47. The molecule has 0 radical (unpaired) electrons. The van der Waals surface area contributed by atoms with Crippen molar-refractivity contribution in [1.82, 2.24) is 4.90 Å². The van der Waals surface area contributed by atoms with Crippen molar-refractivity contribution in [2.24, 2.45) is 0 Å². The molecule has 2 rings (SSSR count). The Hall–Kier alpha value is -1.53. The molecule has 0 bridgehead atoms. The van der Waals surface area contributed by atoms with E-state index in [0.717, 1.165) is 12.1 Å². The van der Waals surface area contributed by atoms with Gasteiger partial charge in [-0.15, -0.1) is 0 Å². The molecule has 0 spiro atoms. The molecule has 0 atom stereocenters. The summed E-state index contributed by atoms with van der Waals surface area (Å²) in [4.78, 5) is 14.2. The predicted molar refractivity (Wildman–Crippen MR) is 67.5 cm³/mol. The summed E-state index contributed by atoms with van der Waals surface area (Å²) in [6.45, 7) is 2.94. The van der Waals surface area contributed by atoms with Crippen LogP contribution in [0.1, 0.15) is 10.4 Å². The maximum absolute atomic E-state index is 13.8. The second-order valence-corrected chi connectivity index (χ2v) is 4.50. The topological polar surface area (TPSA) is 43.8 Å². The molecule has 19 heavy (non-hydrogen) atoms. The SMILES string of the molecule is O=Cc1cc(F)c(N2CCN(CCO)CC2)c(F)c1. The van der Waals surface area contributed by atoms with E-state index in [0.29, 0.717) is 39.0 Å². The molecule has 1 aromatic rings. The molecule has 1 N–H and O–H groups in total. The summed E-state index contributed by atoms with van der Waals surface area (Å²) in [6, 6.07) is 2.09. The van der Waals surface area contributed by atoms with E-state index in [-0.39, 0.29) is 17.9 Å². The Morgan fingerprint density at radius 2 is 1.74 bits per heavy atom. The summed E-state index contributed by atoms with van der Waals surface area (Å²) in [5.41, 5.74) is -0.0769. The van der Waals surface area contributed by atoms with Gasteiger partial charge in [0.25, 0.3) is 0 Å². The number of aldehydes is 1. The average Bonchev–Trinajstić information content (AvgIpc) is 2.40. The van der Waals surface area contributed by atoms with Crippen molar-refractivity contribution in [3.05, 3.63) is 29.3 Å². The molecule has 1 aromatic carbocycles. The fraction of sp³-hybridized carbons (Fsp3) is 0.462. The molecule has 0 aliphatic carbocycles. The minimum Gasteiger partial charge on any atom is -0.395 e. The number of piperazine rings is 1. The summed E-state index contributed by atoms with van der Waals surface area (Å²) in [6.07, 6.45) is 0.426. The number of hydrogen-bond acceptors (Lipinski definition) is 4. The number of β-amino-alcohol motifs (C(OH)–C–C–N with tert-alkyl or cyclic N) is 1. The Balaban J connectivity index is 2.13. The highest BCUT2D eigenvalue weighted by molar-refractivity contribution is 5.76. The fourth-order valence-electron chi connectivity index (χ4n) is 2.29. The Morgan fingerprint density at radius 1 is 1.16 bits per heavy atom. The Labute approximate surface area is 110 Å². The van der Waals surface area contributed by atoms with E-state index in [1.165, 1.54) is 0 Å². The first kappa shape index (κ1) is 13.9. The number of halogens is 2. The third-order valence-electron chi connectivity index (χ3n) is 3.28. The van der Waals surface area contributed by atoms with Crippen LogP contribution in [0.5, 0.6) is 0 Å². The summed E-state index contributed by atoms with van der Waals surface area (Å²) < 4.78 is 27.7. The second kappa shape index (κ2) is 6.08. The van der Waals surface area contributed by atoms with Crippen LogP contribution in [0.4, 0.5) is 14.5 Å². The highest BCUT2D eigenvalue weighted by Gasteiger charge is 2.22. The molecular weight excluding hydrogens is 254 g/mol. The first-order chi connectivity index (χ1) is 9.15. The lowest BCUT2D eigenvalue weighted by atomic mass is 10.1. The van der Waals surface area contributed by atoms with E-state index >= 15 is 0 Å². The lowest BCUT2D eigenvalue weighted by molar-refractivity contribution is 0.112. The number of anilines is 1. The fourth-order valence-corrected chi connectivity index (χ4v) is 2.29. The van der Waals surface area contributed by atoms with Crippen molar-refractivity contribution in [2.45, 2.75) is 0 Å². The maximum atomic E-state index is 13.8. The molecule has 0 amide bonds. The standard InChI is InChI=1S/C13H16F2N2O2/c14-11-7-10(9-19)8-12(15)13(11)17-3-1-16(2-4-17)5-6-18/h7-9,18H,1-6H2. The van der Waals surface area contributed by atoms with Gasteiger partial charge in [-0.3, -0.25) is 9.69 Å². The number of rotatable bonds is 4. The number of aliphatic hydroxyl groups excluding tert-OH is 1. The van der Waals surface area contributed by atoms with Gasteiger partial charge in [0.05, 0.1) is 6.61 Å². The minimum absolute atomic E-state index is 0.00216. The zero-order valence-corrected chi connectivity index (χ0v) is 10.5. The Morgan fingerprint density at radius 3 is 2.21 bits per heavy atom. The molecule has 1 aliphatic rings. The molecule has 1 aliphatic heterocycles. The van der Waals surface area contributed by atoms with Gasteiger partial charge in [-0.25, -0.2) is 8.78 Å². The van der Waals surface area contributed by atoms with Gasteiger partial charge in [-0.1, -0.05) is 0 Å². The smallest absolute Gasteiger partial charge is 0.150 e. The van der Waals surface area contributed by atoms with Crippen molar-refractivity contribution < 1.29 is 18.7 Å². The van der Waals surface area contributed by atoms with Gasteiger partial charge in [0.15, 0.2) is 0 Å². The third kappa shape index (κ3) is 3.08. The molecule has 104 valence electrons. The van der Waals surface area contributed by atoms with Crippen molar-refractivity contribution >= 4 is 12.0 Å². The van der Waals surface area contributed by atoms with Crippen LogP contribution >= 0.6 is 0 Å². The highest BCUT2D eigenvalue weighted by Crippen LogP contribution is 2.25. The van der Waals surface area contributed by atoms with Crippen molar-refractivity contribution in [3.63, 3.8) is 0 Å². The Bertz CT molecular complexity index is 437. The summed E-state index contributed by atoms with van der Waals surface area (Å²) in [7, 11) is 0. The molecule has 1 heterocycles. The van der Waals surface area contributed by atoms with Gasteiger partial charge in [0, 0.05) is 38.3 Å². The van der Waals surface area contributed by atoms with Crippen LogP contribution in [0.15, 0.2) is 12.1 Å². The van der Waals surface area contributed by atoms with Gasteiger partial charge in [0.1, 0.15) is 23.6 Å². The van der Waals surface area contributed by atoms with Crippen molar-refractivity contribution in [3.8, 4) is 0 Å². The van der Waals surface area contributed by atoms with E-state index in [4.69, 9.17) is 5.11 Å². The normalized spacial score (nSPS) is 16.7. The number of carbonyl (C=O) groups is 1. The van der Waals surface area contributed by atoms with Gasteiger partial charge in [-0.05, 0) is 12.1 Å². The molecule has 0 unspecified atom stereocenters. The number of aliphatic hydroxyl groups is 1. The molecule has 4 nitrogen and oxygen atoms in total. The first-order valence-corrected chi connectivity index (χ1v) is 6.18. The van der Waals surface area contributed by atoms with Crippen molar-refractivity contribution in [2.75, 3.05) is 44.2 Å². The zero-order chi connectivity index (χ0) is 13.8. The number of carbonyl (C=O) groups excluding carboxylic acids is 1. The highest BCUT2D eigenvalue weighted by atomic mass is 19.1. The van der Waals surface area contributed by atoms with Gasteiger partial charge < -0.3 is 10.0 Å². The summed E-state index contributed by atoms with van der Waals surface area (Å²) in [5, 5.41) is 8.84. The second-order valence-electron chi connectivity index (χ2n) is 4.50. The van der Waals surface area contributed by atoms with Crippen LogP contribution in [0.25, 0.3) is 0 Å². The van der Waals surface area contributed by atoms with Crippen LogP contribution in [-0.4, -0.2) is 55.6 Å². The molecule has 6 heteroatoms. The van der Waals surface area contributed by atoms with Crippen LogP contribution < -0.4 is 4.90 Å². The van der Waals surface area contributed by atoms with Crippen LogP contribution in [-0.2, 0) is 0 Å². The number of nitrogens with zero attached hydrogens (tertiary/aromatic N) is 2. The average molecular weight is 270 g/mol. The monoisotopic (exact) mass is 270 g/mol. The minimum atomic E-state index is -0.710.